The Kier molecular flexibility index (Phi) is 10.5. The Morgan fingerprint density at radius 1 is 0.268 bits per heavy atom. The van der Waals surface area contributed by atoms with Crippen LogP contribution in [0.15, 0.2) is 267 Å². The van der Waals surface area contributed by atoms with Crippen LogP contribution in [0.25, 0.3) is 66.8 Å². The third-order valence-electron chi connectivity index (χ3n) is 15.3. The van der Waals surface area contributed by atoms with E-state index in [-0.39, 0.29) is 5.41 Å². The molecule has 0 saturated carbocycles. The van der Waals surface area contributed by atoms with Gasteiger partial charge in [-0.25, -0.2) is 0 Å². The van der Waals surface area contributed by atoms with E-state index in [9.17, 15) is 0 Å². The predicted molar refractivity (Wildman–Crippen MR) is 298 cm³/mol. The van der Waals surface area contributed by atoms with E-state index in [0.29, 0.717) is 0 Å². The van der Waals surface area contributed by atoms with Crippen molar-refractivity contribution in [3.63, 3.8) is 0 Å². The van der Waals surface area contributed by atoms with Gasteiger partial charge in [0.15, 0.2) is 0 Å². The third kappa shape index (κ3) is 7.50. The summed E-state index contributed by atoms with van der Waals surface area (Å²) < 4.78 is 0. The molecule has 0 heterocycles. The van der Waals surface area contributed by atoms with Crippen LogP contribution in [0.1, 0.15) is 45.9 Å². The molecule has 0 bridgehead atoms. The van der Waals surface area contributed by atoms with E-state index in [2.05, 4.69) is 279 Å². The summed E-state index contributed by atoms with van der Waals surface area (Å²) in [5, 5.41) is 0. The van der Waals surface area contributed by atoms with Gasteiger partial charge >= 0.3 is 0 Å². The molecule has 0 amide bonds. The van der Waals surface area contributed by atoms with Crippen molar-refractivity contribution in [2.75, 3.05) is 4.90 Å². The monoisotopic (exact) mass is 905 g/mol. The second-order valence-corrected chi connectivity index (χ2v) is 19.3. The Bertz CT molecular complexity index is 3700. The maximum absolute atomic E-state index is 2.49. The standard InChI is InChI=1S/C70H51N/c1-70(58-26-9-4-10-27-58)68-32-18-17-31-66(68)67-40-38-61(47-69(67)70)71(59-35-33-50(34-36-59)56-44-54(48-19-5-2-6-20-48)43-55(45-56)49-21-7-3-8-22-49)60-37-39-65-57(46-60)42-53-25-13-15-29-63(53)62-28-14-11-23-51(62)41-52-24-12-16-30-64(52)65/h2-40,43-47H,41-42H2,1H3. The van der Waals surface area contributed by atoms with Gasteiger partial charge in [0, 0.05) is 22.5 Å². The van der Waals surface area contributed by atoms with E-state index in [1.807, 2.05) is 0 Å². The zero-order valence-electron chi connectivity index (χ0n) is 39.8. The maximum Gasteiger partial charge on any atom is 0.0465 e. The van der Waals surface area contributed by atoms with Gasteiger partial charge in [0.1, 0.15) is 0 Å². The molecule has 2 aliphatic carbocycles. The summed E-state index contributed by atoms with van der Waals surface area (Å²) in [5.74, 6) is 0. The summed E-state index contributed by atoms with van der Waals surface area (Å²) in [7, 11) is 0. The zero-order chi connectivity index (χ0) is 47.3. The smallest absolute Gasteiger partial charge is 0.0465 e. The second kappa shape index (κ2) is 17.6. The highest BCUT2D eigenvalue weighted by atomic mass is 15.1. The first kappa shape index (κ1) is 42.3. The van der Waals surface area contributed by atoms with E-state index < -0.39 is 0 Å². The molecule has 0 spiro atoms. The molecular weight excluding hydrogens is 855 g/mol. The highest BCUT2D eigenvalue weighted by molar-refractivity contribution is 5.89. The Balaban J connectivity index is 0.997. The fourth-order valence-corrected chi connectivity index (χ4v) is 11.7. The van der Waals surface area contributed by atoms with Gasteiger partial charge in [-0.05, 0) is 180 Å². The van der Waals surface area contributed by atoms with Crippen molar-refractivity contribution in [3.05, 3.63) is 306 Å². The molecule has 2 aliphatic rings. The molecule has 1 unspecified atom stereocenters. The minimum atomic E-state index is -0.342. The predicted octanol–water partition coefficient (Wildman–Crippen LogP) is 18.3. The van der Waals surface area contributed by atoms with E-state index in [0.717, 1.165) is 29.9 Å². The van der Waals surface area contributed by atoms with Crippen LogP contribution in [-0.2, 0) is 18.3 Å². The van der Waals surface area contributed by atoms with Crippen LogP contribution in [0.2, 0.25) is 0 Å². The van der Waals surface area contributed by atoms with Gasteiger partial charge in [-0.15, -0.1) is 0 Å². The van der Waals surface area contributed by atoms with E-state index in [4.69, 9.17) is 0 Å². The van der Waals surface area contributed by atoms with Gasteiger partial charge in [-0.2, -0.15) is 0 Å². The Morgan fingerprint density at radius 3 is 1.20 bits per heavy atom. The lowest BCUT2D eigenvalue weighted by atomic mass is 9.74. The molecule has 1 atom stereocenters. The van der Waals surface area contributed by atoms with Gasteiger partial charge in [0.2, 0.25) is 0 Å². The van der Waals surface area contributed by atoms with E-state index >= 15 is 0 Å². The topological polar surface area (TPSA) is 3.24 Å². The molecular formula is C70H51N. The zero-order valence-corrected chi connectivity index (χ0v) is 39.8. The molecule has 11 aromatic rings. The minimum absolute atomic E-state index is 0.342. The molecule has 0 aromatic heterocycles. The Labute approximate surface area is 417 Å². The lowest BCUT2D eigenvalue weighted by Gasteiger charge is -2.31. The number of hydrogen-bond donors (Lipinski definition) is 0. The van der Waals surface area contributed by atoms with Crippen molar-refractivity contribution < 1.29 is 0 Å². The van der Waals surface area contributed by atoms with Gasteiger partial charge in [0.25, 0.3) is 0 Å². The first-order valence-electron chi connectivity index (χ1n) is 24.9. The van der Waals surface area contributed by atoms with Crippen molar-refractivity contribution in [3.8, 4) is 66.8 Å². The van der Waals surface area contributed by atoms with Crippen LogP contribution >= 0.6 is 0 Å². The quantitative estimate of drug-likeness (QED) is 0.154. The average molecular weight is 906 g/mol. The van der Waals surface area contributed by atoms with Crippen molar-refractivity contribution in [1.82, 2.24) is 0 Å². The number of rotatable bonds is 7. The molecule has 1 nitrogen and oxygen atoms in total. The lowest BCUT2D eigenvalue weighted by molar-refractivity contribution is 0.714. The van der Waals surface area contributed by atoms with Crippen LogP contribution in [0.3, 0.4) is 0 Å². The summed E-state index contributed by atoms with van der Waals surface area (Å²) >= 11 is 0. The average Bonchev–Trinajstić information content (AvgIpc) is 3.70. The second-order valence-electron chi connectivity index (χ2n) is 19.3. The molecule has 11 aromatic carbocycles. The summed E-state index contributed by atoms with van der Waals surface area (Å²) in [6.45, 7) is 2.41. The fourth-order valence-electron chi connectivity index (χ4n) is 11.7. The summed E-state index contributed by atoms with van der Waals surface area (Å²) in [5.41, 5.74) is 27.2. The van der Waals surface area contributed by atoms with E-state index in [1.54, 1.807) is 0 Å². The molecule has 0 saturated heterocycles. The van der Waals surface area contributed by atoms with Crippen LogP contribution in [0, 0.1) is 0 Å². The minimum Gasteiger partial charge on any atom is -0.310 e. The Hall–Kier alpha value is -8.78. The molecule has 13 rings (SSSR count). The highest BCUT2D eigenvalue weighted by Crippen LogP contribution is 2.54. The van der Waals surface area contributed by atoms with Gasteiger partial charge in [-0.3, -0.25) is 0 Å². The maximum atomic E-state index is 2.49. The largest absolute Gasteiger partial charge is 0.310 e. The van der Waals surface area contributed by atoms with Crippen LogP contribution < -0.4 is 4.90 Å². The van der Waals surface area contributed by atoms with Crippen molar-refractivity contribution >= 4 is 17.1 Å². The van der Waals surface area contributed by atoms with Crippen LogP contribution in [0.4, 0.5) is 17.1 Å². The first-order chi connectivity index (χ1) is 35.1. The number of hydrogen-bond acceptors (Lipinski definition) is 1. The fraction of sp³-hybridized carbons (Fsp3) is 0.0571. The summed E-state index contributed by atoms with van der Waals surface area (Å²) in [4.78, 5) is 2.49. The molecule has 336 valence electrons. The van der Waals surface area contributed by atoms with Gasteiger partial charge in [-0.1, -0.05) is 212 Å². The van der Waals surface area contributed by atoms with Crippen LogP contribution in [-0.4, -0.2) is 0 Å². The first-order valence-corrected chi connectivity index (χ1v) is 24.9. The van der Waals surface area contributed by atoms with Crippen LogP contribution in [0.5, 0.6) is 0 Å². The number of nitrogens with zero attached hydrogens (tertiary/aromatic N) is 1. The molecule has 0 N–H and O–H groups in total. The lowest BCUT2D eigenvalue weighted by Crippen LogP contribution is -2.22. The third-order valence-corrected chi connectivity index (χ3v) is 15.3. The van der Waals surface area contributed by atoms with Crippen molar-refractivity contribution in [2.24, 2.45) is 0 Å². The molecule has 0 aliphatic heterocycles. The number of fused-ring (bicyclic) bond motifs is 9. The number of anilines is 3. The van der Waals surface area contributed by atoms with Gasteiger partial charge in [0.05, 0.1) is 0 Å². The van der Waals surface area contributed by atoms with Gasteiger partial charge < -0.3 is 4.90 Å². The molecule has 0 fully saturated rings. The molecule has 71 heavy (non-hydrogen) atoms. The molecule has 1 heteroatoms. The number of benzene rings is 11. The Morgan fingerprint density at radius 2 is 0.648 bits per heavy atom. The SMILES string of the molecule is CC1(c2ccccc2)c2ccccc2-c2ccc(N(c3ccc(-c4cc(-c5ccccc5)cc(-c5ccccc5)c4)cc3)c3ccc4c(c3)Cc3ccccc3-c3ccccc3Cc3ccccc3-4)cc21. The molecule has 0 radical (unpaired) electrons. The summed E-state index contributed by atoms with van der Waals surface area (Å²) in [6, 6.07) is 99.1. The van der Waals surface area contributed by atoms with E-state index in [1.165, 1.54) is 106 Å². The summed E-state index contributed by atoms with van der Waals surface area (Å²) in [6.07, 6.45) is 1.65. The van der Waals surface area contributed by atoms with Crippen molar-refractivity contribution in [1.29, 1.82) is 0 Å². The highest BCUT2D eigenvalue weighted by Gasteiger charge is 2.41. The van der Waals surface area contributed by atoms with Crippen molar-refractivity contribution in [2.45, 2.75) is 25.2 Å². The normalized spacial score (nSPS) is 14.2.